The van der Waals surface area contributed by atoms with E-state index in [0.29, 0.717) is 6.54 Å². The molecular formula is C8H7Cl2F2N3O. The van der Waals surface area contributed by atoms with Gasteiger partial charge in [0.25, 0.3) is 0 Å². The molecule has 0 saturated heterocycles. The molecule has 0 radical (unpaired) electrons. The molecular weight excluding hydrogens is 263 g/mol. The highest BCUT2D eigenvalue weighted by Crippen LogP contribution is 2.31. The van der Waals surface area contributed by atoms with Crippen molar-refractivity contribution in [1.29, 1.82) is 0 Å². The summed E-state index contributed by atoms with van der Waals surface area (Å²) in [6.07, 6.45) is 1.56. The average molecular weight is 270 g/mol. The fourth-order valence-corrected chi connectivity index (χ4v) is 1.30. The number of ether oxygens (including phenoxy) is 1. The maximum absolute atomic E-state index is 12.0. The fourth-order valence-electron chi connectivity index (χ4n) is 0.826. The Morgan fingerprint density at radius 1 is 1.38 bits per heavy atom. The van der Waals surface area contributed by atoms with E-state index < -0.39 is 12.4 Å². The van der Waals surface area contributed by atoms with Crippen LogP contribution in [0.1, 0.15) is 0 Å². The molecule has 0 atom stereocenters. The van der Waals surface area contributed by atoms with Crippen molar-refractivity contribution in [3.63, 3.8) is 0 Å². The number of hydrogen-bond acceptors (Lipinski definition) is 4. The van der Waals surface area contributed by atoms with Gasteiger partial charge in [0.15, 0.2) is 10.3 Å². The van der Waals surface area contributed by atoms with Gasteiger partial charge in [0.1, 0.15) is 0 Å². The van der Waals surface area contributed by atoms with E-state index in [1.807, 2.05) is 0 Å². The summed E-state index contributed by atoms with van der Waals surface area (Å²) in [4.78, 5) is 7.35. The van der Waals surface area contributed by atoms with E-state index in [0.717, 1.165) is 0 Å². The molecule has 0 unspecified atom stereocenters. The van der Waals surface area contributed by atoms with Crippen LogP contribution in [0.25, 0.3) is 0 Å². The van der Waals surface area contributed by atoms with Crippen LogP contribution in [0.4, 0.5) is 14.7 Å². The van der Waals surface area contributed by atoms with Crippen molar-refractivity contribution >= 4 is 29.2 Å². The fraction of sp³-hybridized carbons (Fsp3) is 0.250. The molecule has 0 saturated carbocycles. The largest absolute Gasteiger partial charge is 0.428 e. The zero-order valence-corrected chi connectivity index (χ0v) is 9.40. The average Bonchev–Trinajstić information content (AvgIpc) is 2.20. The Morgan fingerprint density at radius 2 is 1.94 bits per heavy atom. The van der Waals surface area contributed by atoms with Gasteiger partial charge < -0.3 is 10.1 Å². The smallest absolute Gasteiger partial charge is 0.387 e. The Bertz CT molecular complexity index is 367. The molecule has 1 N–H and O–H groups in total. The van der Waals surface area contributed by atoms with E-state index in [1.54, 1.807) is 6.08 Å². The molecule has 1 rings (SSSR count). The van der Waals surface area contributed by atoms with Crippen LogP contribution in [0.2, 0.25) is 10.3 Å². The van der Waals surface area contributed by atoms with E-state index in [-0.39, 0.29) is 16.3 Å². The van der Waals surface area contributed by atoms with Gasteiger partial charge in [-0.05, 0) is 0 Å². The lowest BCUT2D eigenvalue weighted by Gasteiger charge is -2.09. The Hall–Kier alpha value is -1.14. The standard InChI is InChI=1S/C8H7Cl2F2N3O/c1-2-3-13-8-14-5(9)4(6(10)15-8)16-7(11)12/h2,7H,1,3H2,(H,13,14,15). The Kier molecular flexibility index (Phi) is 4.70. The normalized spacial score (nSPS) is 10.3. The van der Waals surface area contributed by atoms with Gasteiger partial charge in [-0.3, -0.25) is 0 Å². The van der Waals surface area contributed by atoms with E-state index in [2.05, 4.69) is 26.6 Å². The molecule has 0 spiro atoms. The van der Waals surface area contributed by atoms with Gasteiger partial charge in [-0.25, -0.2) is 0 Å². The van der Waals surface area contributed by atoms with E-state index >= 15 is 0 Å². The molecule has 0 aliphatic carbocycles. The lowest BCUT2D eigenvalue weighted by molar-refractivity contribution is -0.0501. The third-order valence-corrected chi connectivity index (χ3v) is 1.91. The van der Waals surface area contributed by atoms with Crippen molar-refractivity contribution in [1.82, 2.24) is 9.97 Å². The molecule has 1 heterocycles. The van der Waals surface area contributed by atoms with Crippen LogP contribution >= 0.6 is 23.2 Å². The predicted octanol–water partition coefficient (Wildman–Crippen LogP) is 2.98. The topological polar surface area (TPSA) is 47.0 Å². The molecule has 16 heavy (non-hydrogen) atoms. The SMILES string of the molecule is C=CCNc1nc(Cl)c(OC(F)F)c(Cl)n1. The first-order chi connectivity index (χ1) is 7.54. The van der Waals surface area contributed by atoms with E-state index in [1.165, 1.54) is 0 Å². The molecule has 0 amide bonds. The summed E-state index contributed by atoms with van der Waals surface area (Å²) in [5.74, 6) is -0.334. The number of anilines is 1. The number of aromatic nitrogens is 2. The minimum atomic E-state index is -3.04. The van der Waals surface area contributed by atoms with Crippen molar-refractivity contribution in [3.8, 4) is 5.75 Å². The zero-order valence-electron chi connectivity index (χ0n) is 7.88. The highest BCUT2D eigenvalue weighted by atomic mass is 35.5. The van der Waals surface area contributed by atoms with Gasteiger partial charge in [0.2, 0.25) is 11.7 Å². The summed E-state index contributed by atoms with van der Waals surface area (Å²) in [6.45, 7) is 0.824. The first-order valence-corrected chi connectivity index (χ1v) is 4.82. The lowest BCUT2D eigenvalue weighted by Crippen LogP contribution is -2.08. The first-order valence-electron chi connectivity index (χ1n) is 4.07. The molecule has 0 aromatic carbocycles. The number of alkyl halides is 2. The van der Waals surface area contributed by atoms with Gasteiger partial charge in [-0.15, -0.1) is 6.58 Å². The van der Waals surface area contributed by atoms with Gasteiger partial charge in [0.05, 0.1) is 0 Å². The molecule has 4 nitrogen and oxygen atoms in total. The van der Waals surface area contributed by atoms with Gasteiger partial charge in [0, 0.05) is 6.54 Å². The van der Waals surface area contributed by atoms with Gasteiger partial charge >= 0.3 is 6.61 Å². The number of halogens is 4. The molecule has 1 aromatic heterocycles. The zero-order chi connectivity index (χ0) is 12.1. The molecule has 88 valence electrons. The van der Waals surface area contributed by atoms with Crippen LogP contribution in [0.5, 0.6) is 5.75 Å². The van der Waals surface area contributed by atoms with Crippen LogP contribution < -0.4 is 10.1 Å². The summed E-state index contributed by atoms with van der Waals surface area (Å²) >= 11 is 11.2. The third kappa shape index (κ3) is 3.46. The Balaban J connectivity index is 2.93. The molecule has 1 aromatic rings. The Labute approximate surface area is 100 Å². The van der Waals surface area contributed by atoms with E-state index in [9.17, 15) is 8.78 Å². The predicted molar refractivity (Wildman–Crippen MR) is 57.4 cm³/mol. The summed E-state index contributed by atoms with van der Waals surface area (Å²) in [7, 11) is 0. The quantitative estimate of drug-likeness (QED) is 0.660. The maximum atomic E-state index is 12.0. The summed E-state index contributed by atoms with van der Waals surface area (Å²) < 4.78 is 28.0. The van der Waals surface area contributed by atoms with Crippen molar-refractivity contribution in [2.45, 2.75) is 6.61 Å². The summed E-state index contributed by atoms with van der Waals surface area (Å²) in [5, 5.41) is 2.13. The van der Waals surface area contributed by atoms with Crippen molar-refractivity contribution in [3.05, 3.63) is 23.0 Å². The van der Waals surface area contributed by atoms with Crippen LogP contribution in [-0.2, 0) is 0 Å². The second-order valence-corrected chi connectivity index (χ2v) is 3.22. The lowest BCUT2D eigenvalue weighted by atomic mass is 10.6. The second-order valence-electron chi connectivity index (χ2n) is 2.51. The molecule has 0 aliphatic heterocycles. The highest BCUT2D eigenvalue weighted by Gasteiger charge is 2.16. The van der Waals surface area contributed by atoms with Crippen LogP contribution in [0, 0.1) is 0 Å². The Morgan fingerprint density at radius 3 is 2.38 bits per heavy atom. The van der Waals surface area contributed by atoms with Gasteiger partial charge in [-0.1, -0.05) is 29.3 Å². The second kappa shape index (κ2) is 5.81. The molecule has 8 heteroatoms. The van der Waals surface area contributed by atoms with Crippen molar-refractivity contribution in [2.75, 3.05) is 11.9 Å². The van der Waals surface area contributed by atoms with Gasteiger partial charge in [-0.2, -0.15) is 18.7 Å². The monoisotopic (exact) mass is 269 g/mol. The minimum absolute atomic E-state index is 0.108. The summed E-state index contributed by atoms with van der Waals surface area (Å²) in [5.41, 5.74) is 0. The van der Waals surface area contributed by atoms with Crippen molar-refractivity contribution in [2.24, 2.45) is 0 Å². The highest BCUT2D eigenvalue weighted by molar-refractivity contribution is 6.35. The van der Waals surface area contributed by atoms with E-state index in [4.69, 9.17) is 23.2 Å². The number of nitrogens with zero attached hydrogens (tertiary/aromatic N) is 2. The van der Waals surface area contributed by atoms with Crippen molar-refractivity contribution < 1.29 is 13.5 Å². The van der Waals surface area contributed by atoms with Crippen LogP contribution in [0.15, 0.2) is 12.7 Å². The molecule has 0 fully saturated rings. The van der Waals surface area contributed by atoms with Crippen LogP contribution in [-0.4, -0.2) is 23.1 Å². The maximum Gasteiger partial charge on any atom is 0.387 e. The van der Waals surface area contributed by atoms with Crippen LogP contribution in [0.3, 0.4) is 0 Å². The third-order valence-electron chi connectivity index (χ3n) is 1.39. The number of nitrogens with one attached hydrogen (secondary N) is 1. The minimum Gasteiger partial charge on any atom is -0.428 e. The molecule has 0 bridgehead atoms. The summed E-state index contributed by atoms with van der Waals surface area (Å²) in [6, 6.07) is 0. The number of rotatable bonds is 5. The first kappa shape index (κ1) is 12.9. The molecule has 0 aliphatic rings. The number of hydrogen-bond donors (Lipinski definition) is 1.